The minimum atomic E-state index is -1.14. The highest BCUT2D eigenvalue weighted by Crippen LogP contribution is 2.13. The van der Waals surface area contributed by atoms with Crippen LogP contribution in [0, 0.1) is 11.8 Å². The van der Waals surface area contributed by atoms with Crippen LogP contribution in [0.4, 0.5) is 0 Å². The van der Waals surface area contributed by atoms with Crippen LogP contribution in [0.25, 0.3) is 0 Å². The summed E-state index contributed by atoms with van der Waals surface area (Å²) in [6.45, 7) is 13.3. The molecule has 1 unspecified atom stereocenters. The molecule has 0 spiro atoms. The average molecular weight is 541 g/mol. The van der Waals surface area contributed by atoms with Gasteiger partial charge in [0.05, 0.1) is 13.2 Å². The van der Waals surface area contributed by atoms with Crippen molar-refractivity contribution in [3.05, 3.63) is 0 Å². The minimum absolute atomic E-state index is 0.0506. The SMILES string of the molecule is COC(=O)C(NC(=O)[C@H](CCC(=O)OC(C)(C)C)NC(=O)[C@H](CC(C)C)NC(=O)[C@@H]1CCCCN1)C(C)C. The molecule has 3 amide bonds. The van der Waals surface area contributed by atoms with Gasteiger partial charge in [0.1, 0.15) is 23.7 Å². The first kappa shape index (κ1) is 33.3. The van der Waals surface area contributed by atoms with Gasteiger partial charge in [-0.25, -0.2) is 4.79 Å². The molecule has 38 heavy (non-hydrogen) atoms. The average Bonchev–Trinajstić information content (AvgIpc) is 2.82. The Bertz CT molecular complexity index is 817. The molecule has 1 rings (SSSR count). The van der Waals surface area contributed by atoms with Gasteiger partial charge in [-0.15, -0.1) is 0 Å². The number of carbonyl (C=O) groups excluding carboxylic acids is 5. The zero-order chi connectivity index (χ0) is 29.0. The molecule has 4 atom stereocenters. The van der Waals surface area contributed by atoms with Crippen molar-refractivity contribution in [1.82, 2.24) is 21.3 Å². The number of ether oxygens (including phenoxy) is 2. The highest BCUT2D eigenvalue weighted by molar-refractivity contribution is 5.94. The number of piperidine rings is 1. The molecule has 0 aromatic heterocycles. The number of hydrogen-bond acceptors (Lipinski definition) is 8. The molecule has 0 radical (unpaired) electrons. The van der Waals surface area contributed by atoms with E-state index in [4.69, 9.17) is 9.47 Å². The van der Waals surface area contributed by atoms with Gasteiger partial charge in [-0.3, -0.25) is 19.2 Å². The number of carbonyl (C=O) groups is 5. The van der Waals surface area contributed by atoms with Gasteiger partial charge in [0.15, 0.2) is 0 Å². The second kappa shape index (κ2) is 15.7. The summed E-state index contributed by atoms with van der Waals surface area (Å²) in [4.78, 5) is 64.0. The van der Waals surface area contributed by atoms with E-state index in [9.17, 15) is 24.0 Å². The van der Waals surface area contributed by atoms with Crippen molar-refractivity contribution in [3.8, 4) is 0 Å². The Morgan fingerprint density at radius 2 is 1.55 bits per heavy atom. The Hall–Kier alpha value is -2.69. The van der Waals surface area contributed by atoms with Gasteiger partial charge in [-0.2, -0.15) is 0 Å². The zero-order valence-corrected chi connectivity index (χ0v) is 24.3. The lowest BCUT2D eigenvalue weighted by Gasteiger charge is -2.28. The third-order valence-electron chi connectivity index (χ3n) is 6.08. The van der Waals surface area contributed by atoms with E-state index in [1.54, 1.807) is 34.6 Å². The van der Waals surface area contributed by atoms with Gasteiger partial charge in [-0.1, -0.05) is 34.1 Å². The van der Waals surface area contributed by atoms with Crippen molar-refractivity contribution >= 4 is 29.7 Å². The highest BCUT2D eigenvalue weighted by Gasteiger charge is 2.33. The number of nitrogens with one attached hydrogen (secondary N) is 4. The van der Waals surface area contributed by atoms with Crippen molar-refractivity contribution in [2.24, 2.45) is 11.8 Å². The summed E-state index contributed by atoms with van der Waals surface area (Å²) in [5.41, 5.74) is -0.703. The fraction of sp³-hybridized carbons (Fsp3) is 0.815. The Morgan fingerprint density at radius 1 is 0.921 bits per heavy atom. The van der Waals surface area contributed by atoms with E-state index in [1.807, 2.05) is 13.8 Å². The summed E-state index contributed by atoms with van der Waals surface area (Å²) >= 11 is 0. The van der Waals surface area contributed by atoms with Crippen LogP contribution in [0.2, 0.25) is 0 Å². The van der Waals surface area contributed by atoms with Crippen LogP contribution in [0.3, 0.4) is 0 Å². The standard InChI is InChI=1S/C27H48N4O7/c1-16(2)15-20(30-23(33)18-11-9-10-14-28-18)25(35)29-19(12-13-21(32)38-27(5,6)7)24(34)31-22(17(3)4)26(36)37-8/h16-20,22,28H,9-15H2,1-8H3,(H,29,35)(H,30,33)(H,31,34)/t18-,19-,20-,22?/m0/s1. The first-order valence-electron chi connectivity index (χ1n) is 13.6. The molecule has 4 N–H and O–H groups in total. The molecule has 11 heteroatoms. The molecule has 1 heterocycles. The summed E-state index contributed by atoms with van der Waals surface area (Å²) in [5, 5.41) is 11.3. The molecular weight excluding hydrogens is 492 g/mol. The summed E-state index contributed by atoms with van der Waals surface area (Å²) in [5.74, 6) is -2.75. The highest BCUT2D eigenvalue weighted by atomic mass is 16.6. The molecule has 0 aliphatic carbocycles. The molecule has 1 aliphatic rings. The lowest BCUT2D eigenvalue weighted by molar-refractivity contribution is -0.155. The molecule has 0 aromatic carbocycles. The molecule has 1 aliphatic heterocycles. The van der Waals surface area contributed by atoms with Gasteiger partial charge >= 0.3 is 11.9 Å². The van der Waals surface area contributed by atoms with Crippen LogP contribution in [0.1, 0.15) is 87.0 Å². The van der Waals surface area contributed by atoms with E-state index in [0.29, 0.717) is 12.8 Å². The molecule has 1 fully saturated rings. The van der Waals surface area contributed by atoms with Gasteiger partial charge < -0.3 is 30.7 Å². The quantitative estimate of drug-likeness (QED) is 0.257. The summed E-state index contributed by atoms with van der Waals surface area (Å²) in [6, 6.07) is -3.31. The summed E-state index contributed by atoms with van der Waals surface area (Å²) in [7, 11) is 1.23. The summed E-state index contributed by atoms with van der Waals surface area (Å²) < 4.78 is 10.1. The fourth-order valence-corrected chi connectivity index (χ4v) is 4.13. The van der Waals surface area contributed by atoms with Crippen LogP contribution in [0.15, 0.2) is 0 Å². The van der Waals surface area contributed by atoms with Crippen LogP contribution < -0.4 is 21.3 Å². The van der Waals surface area contributed by atoms with Crippen molar-refractivity contribution < 1.29 is 33.4 Å². The smallest absolute Gasteiger partial charge is 0.328 e. The first-order valence-corrected chi connectivity index (χ1v) is 13.6. The summed E-state index contributed by atoms with van der Waals surface area (Å²) in [6.07, 6.45) is 2.79. The van der Waals surface area contributed by atoms with Gasteiger partial charge in [0, 0.05) is 6.42 Å². The van der Waals surface area contributed by atoms with E-state index in [0.717, 1.165) is 19.4 Å². The predicted molar refractivity (Wildman–Crippen MR) is 143 cm³/mol. The van der Waals surface area contributed by atoms with E-state index in [-0.39, 0.29) is 36.6 Å². The Balaban J connectivity index is 3.07. The van der Waals surface area contributed by atoms with Crippen LogP contribution >= 0.6 is 0 Å². The first-order chi connectivity index (χ1) is 17.6. The van der Waals surface area contributed by atoms with E-state index < -0.39 is 47.5 Å². The van der Waals surface area contributed by atoms with Crippen LogP contribution in [0.5, 0.6) is 0 Å². The number of methoxy groups -OCH3 is 1. The molecule has 0 bridgehead atoms. The second-order valence-corrected chi connectivity index (χ2v) is 11.6. The Kier molecular flexibility index (Phi) is 13.7. The lowest BCUT2D eigenvalue weighted by Crippen LogP contribution is -2.58. The number of esters is 2. The number of amides is 3. The number of hydrogen-bond donors (Lipinski definition) is 4. The van der Waals surface area contributed by atoms with Crippen LogP contribution in [-0.4, -0.2) is 73.1 Å². The van der Waals surface area contributed by atoms with Gasteiger partial charge in [0.25, 0.3) is 0 Å². The minimum Gasteiger partial charge on any atom is -0.467 e. The van der Waals surface area contributed by atoms with Crippen molar-refractivity contribution in [2.45, 2.75) is 117 Å². The van der Waals surface area contributed by atoms with Gasteiger partial charge in [0.2, 0.25) is 17.7 Å². The molecule has 0 saturated carbocycles. The predicted octanol–water partition coefficient (Wildman–Crippen LogP) is 1.58. The maximum atomic E-state index is 13.4. The van der Waals surface area contributed by atoms with Crippen molar-refractivity contribution in [3.63, 3.8) is 0 Å². The van der Waals surface area contributed by atoms with E-state index in [1.165, 1.54) is 7.11 Å². The normalized spacial score (nSPS) is 18.2. The van der Waals surface area contributed by atoms with Crippen molar-refractivity contribution in [2.75, 3.05) is 13.7 Å². The van der Waals surface area contributed by atoms with Crippen molar-refractivity contribution in [1.29, 1.82) is 0 Å². The largest absolute Gasteiger partial charge is 0.467 e. The molecular formula is C27H48N4O7. The molecule has 218 valence electrons. The van der Waals surface area contributed by atoms with E-state index >= 15 is 0 Å². The third-order valence-corrected chi connectivity index (χ3v) is 6.08. The fourth-order valence-electron chi connectivity index (χ4n) is 4.13. The molecule has 1 saturated heterocycles. The molecule has 11 nitrogen and oxygen atoms in total. The Labute approximate surface area is 226 Å². The maximum Gasteiger partial charge on any atom is 0.328 e. The third kappa shape index (κ3) is 12.2. The number of rotatable bonds is 13. The van der Waals surface area contributed by atoms with Gasteiger partial charge in [-0.05, 0) is 64.8 Å². The maximum absolute atomic E-state index is 13.4. The van der Waals surface area contributed by atoms with Crippen LogP contribution in [-0.2, 0) is 33.4 Å². The molecule has 0 aromatic rings. The lowest BCUT2D eigenvalue weighted by atomic mass is 9.99. The van der Waals surface area contributed by atoms with E-state index in [2.05, 4.69) is 21.3 Å². The monoisotopic (exact) mass is 540 g/mol. The second-order valence-electron chi connectivity index (χ2n) is 11.6. The Morgan fingerprint density at radius 3 is 2.05 bits per heavy atom. The topological polar surface area (TPSA) is 152 Å². The zero-order valence-electron chi connectivity index (χ0n) is 24.3.